The summed E-state index contributed by atoms with van der Waals surface area (Å²) in [7, 11) is 1.69. The van der Waals surface area contributed by atoms with E-state index >= 15 is 0 Å². The van der Waals surface area contributed by atoms with E-state index in [0.717, 1.165) is 29.9 Å². The zero-order chi connectivity index (χ0) is 13.7. The lowest BCUT2D eigenvalue weighted by molar-refractivity contribution is 0.144. The van der Waals surface area contributed by atoms with Gasteiger partial charge in [-0.15, -0.1) is 5.10 Å². The second-order valence-corrected chi connectivity index (χ2v) is 4.47. The molecule has 1 unspecified atom stereocenters. The van der Waals surface area contributed by atoms with Gasteiger partial charge in [-0.3, -0.25) is 0 Å². The standard InChI is InChI=1S/C13H19N5O/c1-3-4-12(9-19-2)18-13(15-16-17-18)10-5-7-11(14)8-6-10/h5-8,12H,3-4,9,14H2,1-2H3. The second-order valence-electron chi connectivity index (χ2n) is 4.47. The average molecular weight is 261 g/mol. The van der Waals surface area contributed by atoms with Crippen LogP contribution in [-0.2, 0) is 4.74 Å². The quantitative estimate of drug-likeness (QED) is 0.803. The molecule has 0 saturated heterocycles. The van der Waals surface area contributed by atoms with Crippen LogP contribution < -0.4 is 5.73 Å². The Morgan fingerprint density at radius 1 is 1.32 bits per heavy atom. The molecule has 0 aliphatic carbocycles. The fourth-order valence-corrected chi connectivity index (χ4v) is 2.06. The highest BCUT2D eigenvalue weighted by molar-refractivity contribution is 5.58. The van der Waals surface area contributed by atoms with Gasteiger partial charge in [-0.25, -0.2) is 4.68 Å². The second kappa shape index (κ2) is 6.29. The summed E-state index contributed by atoms with van der Waals surface area (Å²) in [6, 6.07) is 7.69. The van der Waals surface area contributed by atoms with Crippen molar-refractivity contribution in [2.75, 3.05) is 19.5 Å². The van der Waals surface area contributed by atoms with Crippen molar-refractivity contribution in [2.45, 2.75) is 25.8 Å². The summed E-state index contributed by atoms with van der Waals surface area (Å²) in [5, 5.41) is 12.0. The Labute approximate surface area is 112 Å². The Bertz CT molecular complexity index is 502. The number of hydrogen-bond donors (Lipinski definition) is 1. The van der Waals surface area contributed by atoms with E-state index in [1.54, 1.807) is 7.11 Å². The largest absolute Gasteiger partial charge is 0.399 e. The van der Waals surface area contributed by atoms with Gasteiger partial charge in [0, 0.05) is 18.4 Å². The number of tetrazole rings is 1. The summed E-state index contributed by atoms with van der Waals surface area (Å²) >= 11 is 0. The number of hydrogen-bond acceptors (Lipinski definition) is 5. The molecule has 1 atom stereocenters. The maximum absolute atomic E-state index is 5.69. The summed E-state index contributed by atoms with van der Waals surface area (Å²) in [5.74, 6) is 0.746. The van der Waals surface area contributed by atoms with Gasteiger partial charge in [-0.1, -0.05) is 13.3 Å². The van der Waals surface area contributed by atoms with Crippen molar-refractivity contribution in [3.63, 3.8) is 0 Å². The summed E-state index contributed by atoms with van der Waals surface area (Å²) in [5.41, 5.74) is 7.38. The van der Waals surface area contributed by atoms with Crippen LogP contribution in [0.5, 0.6) is 0 Å². The van der Waals surface area contributed by atoms with E-state index in [-0.39, 0.29) is 6.04 Å². The first kappa shape index (κ1) is 13.5. The number of aromatic nitrogens is 4. The van der Waals surface area contributed by atoms with E-state index < -0.39 is 0 Å². The molecule has 0 aliphatic rings. The molecule has 0 radical (unpaired) electrons. The molecule has 1 aromatic carbocycles. The van der Waals surface area contributed by atoms with E-state index in [4.69, 9.17) is 10.5 Å². The van der Waals surface area contributed by atoms with Gasteiger partial charge < -0.3 is 10.5 Å². The molecule has 0 fully saturated rings. The van der Waals surface area contributed by atoms with E-state index in [1.807, 2.05) is 28.9 Å². The van der Waals surface area contributed by atoms with Crippen molar-refractivity contribution in [1.82, 2.24) is 20.2 Å². The molecule has 6 nitrogen and oxygen atoms in total. The number of ether oxygens (including phenoxy) is 1. The van der Waals surface area contributed by atoms with Crippen LogP contribution in [0, 0.1) is 0 Å². The van der Waals surface area contributed by atoms with Crippen molar-refractivity contribution < 1.29 is 4.74 Å². The zero-order valence-electron chi connectivity index (χ0n) is 11.3. The third kappa shape index (κ3) is 3.08. The fourth-order valence-electron chi connectivity index (χ4n) is 2.06. The molecular weight excluding hydrogens is 242 g/mol. The van der Waals surface area contributed by atoms with Crippen LogP contribution in [0.15, 0.2) is 24.3 Å². The van der Waals surface area contributed by atoms with Crippen molar-refractivity contribution in [1.29, 1.82) is 0 Å². The van der Waals surface area contributed by atoms with Gasteiger partial charge in [0.2, 0.25) is 0 Å². The van der Waals surface area contributed by atoms with Gasteiger partial charge in [-0.2, -0.15) is 0 Å². The molecule has 2 N–H and O–H groups in total. The van der Waals surface area contributed by atoms with E-state index in [1.165, 1.54) is 0 Å². The van der Waals surface area contributed by atoms with Crippen molar-refractivity contribution >= 4 is 5.69 Å². The van der Waals surface area contributed by atoms with Crippen LogP contribution >= 0.6 is 0 Å². The predicted molar refractivity (Wildman–Crippen MR) is 73.5 cm³/mol. The smallest absolute Gasteiger partial charge is 0.182 e. The molecule has 1 aromatic heterocycles. The highest BCUT2D eigenvalue weighted by Crippen LogP contribution is 2.22. The Morgan fingerprint density at radius 3 is 2.68 bits per heavy atom. The number of methoxy groups -OCH3 is 1. The molecule has 2 aromatic rings. The van der Waals surface area contributed by atoms with Gasteiger partial charge in [0.25, 0.3) is 0 Å². The number of nitrogens with two attached hydrogens (primary N) is 1. The lowest BCUT2D eigenvalue weighted by atomic mass is 10.1. The zero-order valence-corrected chi connectivity index (χ0v) is 11.3. The number of nitrogens with zero attached hydrogens (tertiary/aromatic N) is 4. The average Bonchev–Trinajstić information content (AvgIpc) is 2.88. The molecule has 102 valence electrons. The van der Waals surface area contributed by atoms with Crippen molar-refractivity contribution in [3.8, 4) is 11.4 Å². The Kier molecular flexibility index (Phi) is 4.46. The lowest BCUT2D eigenvalue weighted by Gasteiger charge is -2.16. The molecule has 0 amide bonds. The van der Waals surface area contributed by atoms with Crippen LogP contribution in [0.25, 0.3) is 11.4 Å². The number of rotatable bonds is 6. The molecule has 6 heteroatoms. The third-order valence-corrected chi connectivity index (χ3v) is 2.99. The molecule has 0 bridgehead atoms. The first-order valence-corrected chi connectivity index (χ1v) is 6.39. The van der Waals surface area contributed by atoms with Crippen LogP contribution in [0.1, 0.15) is 25.8 Å². The Morgan fingerprint density at radius 2 is 2.05 bits per heavy atom. The summed E-state index contributed by atoms with van der Waals surface area (Å²) in [4.78, 5) is 0. The van der Waals surface area contributed by atoms with Crippen molar-refractivity contribution in [3.05, 3.63) is 24.3 Å². The Hall–Kier alpha value is -1.95. The maximum Gasteiger partial charge on any atom is 0.182 e. The topological polar surface area (TPSA) is 78.8 Å². The molecular formula is C13H19N5O. The van der Waals surface area contributed by atoms with Crippen LogP contribution in [0.2, 0.25) is 0 Å². The highest BCUT2D eigenvalue weighted by Gasteiger charge is 2.17. The van der Waals surface area contributed by atoms with Crippen molar-refractivity contribution in [2.24, 2.45) is 0 Å². The monoisotopic (exact) mass is 261 g/mol. The molecule has 0 aliphatic heterocycles. The molecule has 0 spiro atoms. The van der Waals surface area contributed by atoms with E-state index in [2.05, 4.69) is 22.4 Å². The van der Waals surface area contributed by atoms with Crippen LogP contribution in [0.4, 0.5) is 5.69 Å². The van der Waals surface area contributed by atoms with Gasteiger partial charge in [0.1, 0.15) is 0 Å². The van der Waals surface area contributed by atoms with Gasteiger partial charge in [0.05, 0.1) is 12.6 Å². The first-order chi connectivity index (χ1) is 9.26. The van der Waals surface area contributed by atoms with E-state index in [0.29, 0.717) is 6.61 Å². The number of anilines is 1. The highest BCUT2D eigenvalue weighted by atomic mass is 16.5. The van der Waals surface area contributed by atoms with Crippen LogP contribution in [-0.4, -0.2) is 33.9 Å². The van der Waals surface area contributed by atoms with Gasteiger partial charge in [-0.05, 0) is 41.1 Å². The normalized spacial score (nSPS) is 12.5. The van der Waals surface area contributed by atoms with E-state index in [9.17, 15) is 0 Å². The first-order valence-electron chi connectivity index (χ1n) is 6.39. The van der Waals surface area contributed by atoms with Gasteiger partial charge >= 0.3 is 0 Å². The third-order valence-electron chi connectivity index (χ3n) is 2.99. The lowest BCUT2D eigenvalue weighted by Crippen LogP contribution is -2.17. The summed E-state index contributed by atoms with van der Waals surface area (Å²) < 4.78 is 7.09. The predicted octanol–water partition coefficient (Wildman–Crippen LogP) is 1.91. The minimum atomic E-state index is 0.151. The molecule has 0 saturated carbocycles. The molecule has 2 rings (SSSR count). The minimum Gasteiger partial charge on any atom is -0.399 e. The number of nitrogen functional groups attached to an aromatic ring is 1. The van der Waals surface area contributed by atoms with Crippen LogP contribution in [0.3, 0.4) is 0 Å². The minimum absolute atomic E-state index is 0.151. The maximum atomic E-state index is 5.69. The number of benzene rings is 1. The SMILES string of the molecule is CCCC(COC)n1nnnc1-c1ccc(N)cc1. The summed E-state index contributed by atoms with van der Waals surface area (Å²) in [6.45, 7) is 2.73. The molecule has 1 heterocycles. The van der Waals surface area contributed by atoms with Gasteiger partial charge in [0.15, 0.2) is 5.82 Å². The Balaban J connectivity index is 2.32. The summed E-state index contributed by atoms with van der Waals surface area (Å²) in [6.07, 6.45) is 2.02. The molecule has 19 heavy (non-hydrogen) atoms. The fraction of sp³-hybridized carbons (Fsp3) is 0.462.